The summed E-state index contributed by atoms with van der Waals surface area (Å²) >= 11 is 0. The van der Waals surface area contributed by atoms with E-state index in [1.165, 1.54) is 0 Å². The molecule has 3 atom stereocenters. The molecule has 20 heavy (non-hydrogen) atoms. The van der Waals surface area contributed by atoms with E-state index < -0.39 is 11.9 Å². The van der Waals surface area contributed by atoms with E-state index in [0.717, 1.165) is 31.5 Å². The molecule has 0 aliphatic heterocycles. The molecule has 1 aromatic rings. The summed E-state index contributed by atoms with van der Waals surface area (Å²) in [4.78, 5) is 3.34. The van der Waals surface area contributed by atoms with Crippen LogP contribution in [0.5, 0.6) is 0 Å². The van der Waals surface area contributed by atoms with Gasteiger partial charge in [-0.15, -0.1) is 0 Å². The van der Waals surface area contributed by atoms with Crippen molar-refractivity contribution in [2.24, 2.45) is 11.8 Å². The smallest absolute Gasteiger partial charge is 0.396 e. The lowest BCUT2D eigenvalue weighted by Gasteiger charge is -2.23. The standard InChI is InChI=1S/C14H20F3N3/c1-3-9-4-5-11(8(9)2)20-12-6-13(14(15,16)17)19-7-10(12)18/h6-9,11H,3-5,18H2,1-2H3,(H,19,20). The fourth-order valence-electron chi connectivity index (χ4n) is 2.97. The van der Waals surface area contributed by atoms with Crippen LogP contribution in [-0.4, -0.2) is 11.0 Å². The molecule has 1 fully saturated rings. The Morgan fingerprint density at radius 3 is 2.65 bits per heavy atom. The number of rotatable bonds is 3. The lowest BCUT2D eigenvalue weighted by atomic mass is 9.93. The predicted molar refractivity (Wildman–Crippen MR) is 73.2 cm³/mol. The third-order valence-corrected chi connectivity index (χ3v) is 4.32. The van der Waals surface area contributed by atoms with Crippen LogP contribution in [0.4, 0.5) is 24.5 Å². The Hall–Kier alpha value is -1.46. The van der Waals surface area contributed by atoms with Gasteiger partial charge in [-0.3, -0.25) is 0 Å². The third-order valence-electron chi connectivity index (χ3n) is 4.32. The molecule has 0 aromatic carbocycles. The first-order valence-corrected chi connectivity index (χ1v) is 6.92. The van der Waals surface area contributed by atoms with Gasteiger partial charge in [-0.05, 0) is 30.7 Å². The summed E-state index contributed by atoms with van der Waals surface area (Å²) in [5.74, 6) is 1.06. The van der Waals surface area contributed by atoms with E-state index in [-0.39, 0.29) is 11.7 Å². The number of nitrogen functional groups attached to an aromatic ring is 1. The Labute approximate surface area is 116 Å². The van der Waals surface area contributed by atoms with Crippen molar-refractivity contribution in [2.75, 3.05) is 11.1 Å². The molecule has 3 N–H and O–H groups in total. The number of hydrogen-bond acceptors (Lipinski definition) is 3. The molecule has 1 heterocycles. The normalized spacial score (nSPS) is 26.8. The molecule has 6 heteroatoms. The summed E-state index contributed by atoms with van der Waals surface area (Å²) in [5.41, 5.74) is 5.41. The molecule has 0 bridgehead atoms. The minimum absolute atomic E-state index is 0.172. The van der Waals surface area contributed by atoms with Gasteiger partial charge >= 0.3 is 6.18 Å². The summed E-state index contributed by atoms with van der Waals surface area (Å²) in [7, 11) is 0. The summed E-state index contributed by atoms with van der Waals surface area (Å²) in [6, 6.07) is 1.17. The molecular weight excluding hydrogens is 267 g/mol. The summed E-state index contributed by atoms with van der Waals surface area (Å²) in [6.45, 7) is 4.28. The Bertz CT molecular complexity index is 473. The first-order chi connectivity index (χ1) is 9.32. The van der Waals surface area contributed by atoms with Crippen molar-refractivity contribution in [3.8, 4) is 0 Å². The van der Waals surface area contributed by atoms with Gasteiger partial charge in [-0.2, -0.15) is 13.2 Å². The van der Waals surface area contributed by atoms with E-state index in [4.69, 9.17) is 5.73 Å². The van der Waals surface area contributed by atoms with E-state index >= 15 is 0 Å². The van der Waals surface area contributed by atoms with Crippen molar-refractivity contribution >= 4 is 11.4 Å². The molecule has 2 rings (SSSR count). The lowest BCUT2D eigenvalue weighted by molar-refractivity contribution is -0.141. The largest absolute Gasteiger partial charge is 0.433 e. The van der Waals surface area contributed by atoms with Crippen molar-refractivity contribution in [1.29, 1.82) is 0 Å². The zero-order chi connectivity index (χ0) is 14.9. The highest BCUT2D eigenvalue weighted by Crippen LogP contribution is 2.37. The maximum Gasteiger partial charge on any atom is 0.433 e. The van der Waals surface area contributed by atoms with Crippen molar-refractivity contribution in [2.45, 2.75) is 45.3 Å². The van der Waals surface area contributed by atoms with Crippen LogP contribution in [0.1, 0.15) is 38.8 Å². The molecule has 0 spiro atoms. The average Bonchev–Trinajstić information content (AvgIpc) is 2.72. The number of halogens is 3. The van der Waals surface area contributed by atoms with Crippen molar-refractivity contribution < 1.29 is 13.2 Å². The zero-order valence-corrected chi connectivity index (χ0v) is 11.7. The molecule has 1 aliphatic rings. The Balaban J connectivity index is 2.17. The number of anilines is 2. The highest BCUT2D eigenvalue weighted by molar-refractivity contribution is 5.66. The van der Waals surface area contributed by atoms with Crippen molar-refractivity contribution in [3.63, 3.8) is 0 Å². The van der Waals surface area contributed by atoms with E-state index in [1.807, 2.05) is 0 Å². The van der Waals surface area contributed by atoms with E-state index in [9.17, 15) is 13.2 Å². The topological polar surface area (TPSA) is 50.9 Å². The van der Waals surface area contributed by atoms with Crippen molar-refractivity contribution in [3.05, 3.63) is 18.0 Å². The van der Waals surface area contributed by atoms with Gasteiger partial charge in [0.1, 0.15) is 5.69 Å². The number of aromatic nitrogens is 1. The van der Waals surface area contributed by atoms with Gasteiger partial charge in [-0.1, -0.05) is 20.3 Å². The minimum Gasteiger partial charge on any atom is -0.396 e. The monoisotopic (exact) mass is 287 g/mol. The van der Waals surface area contributed by atoms with Gasteiger partial charge < -0.3 is 11.1 Å². The van der Waals surface area contributed by atoms with Gasteiger partial charge in [0.15, 0.2) is 0 Å². The molecule has 112 valence electrons. The number of hydrogen-bond donors (Lipinski definition) is 2. The Morgan fingerprint density at radius 2 is 2.10 bits per heavy atom. The average molecular weight is 287 g/mol. The second-order valence-corrected chi connectivity index (χ2v) is 5.51. The van der Waals surface area contributed by atoms with Gasteiger partial charge in [0, 0.05) is 6.04 Å². The van der Waals surface area contributed by atoms with Crippen LogP contribution in [0.3, 0.4) is 0 Å². The SMILES string of the molecule is CCC1CCC(Nc2cc(C(F)(F)F)ncc2N)C1C. The second-order valence-electron chi connectivity index (χ2n) is 5.51. The molecule has 3 unspecified atom stereocenters. The Kier molecular flexibility index (Phi) is 4.11. The fourth-order valence-corrected chi connectivity index (χ4v) is 2.97. The first kappa shape index (κ1) is 14.9. The van der Waals surface area contributed by atoms with E-state index in [0.29, 0.717) is 17.5 Å². The van der Waals surface area contributed by atoms with Gasteiger partial charge in [0.25, 0.3) is 0 Å². The molecule has 0 saturated heterocycles. The van der Waals surface area contributed by atoms with E-state index in [1.54, 1.807) is 0 Å². The van der Waals surface area contributed by atoms with Gasteiger partial charge in [0.2, 0.25) is 0 Å². The third kappa shape index (κ3) is 2.99. The zero-order valence-electron chi connectivity index (χ0n) is 11.7. The number of pyridine rings is 1. The molecule has 1 saturated carbocycles. The predicted octanol–water partition coefficient (Wildman–Crippen LogP) is 3.92. The number of nitrogens with two attached hydrogens (primary N) is 1. The van der Waals surface area contributed by atoms with Crippen LogP contribution in [-0.2, 0) is 6.18 Å². The number of nitrogens with one attached hydrogen (secondary N) is 1. The van der Waals surface area contributed by atoms with Crippen LogP contribution in [0.15, 0.2) is 12.3 Å². The minimum atomic E-state index is -4.45. The van der Waals surface area contributed by atoms with E-state index in [2.05, 4.69) is 24.1 Å². The van der Waals surface area contributed by atoms with Crippen LogP contribution in [0.2, 0.25) is 0 Å². The molecule has 0 radical (unpaired) electrons. The summed E-state index contributed by atoms with van der Waals surface area (Å²) in [5, 5.41) is 3.17. The van der Waals surface area contributed by atoms with Crippen LogP contribution in [0, 0.1) is 11.8 Å². The fraction of sp³-hybridized carbons (Fsp3) is 0.643. The first-order valence-electron chi connectivity index (χ1n) is 6.92. The molecule has 1 aromatic heterocycles. The molecule has 0 amide bonds. The second kappa shape index (κ2) is 5.50. The van der Waals surface area contributed by atoms with Gasteiger partial charge in [-0.25, -0.2) is 4.98 Å². The lowest BCUT2D eigenvalue weighted by Crippen LogP contribution is -2.25. The molecule has 3 nitrogen and oxygen atoms in total. The Morgan fingerprint density at radius 1 is 1.40 bits per heavy atom. The van der Waals surface area contributed by atoms with Crippen LogP contribution < -0.4 is 11.1 Å². The summed E-state index contributed by atoms with van der Waals surface area (Å²) in [6.07, 6.45) is -0.215. The van der Waals surface area contributed by atoms with Gasteiger partial charge in [0.05, 0.1) is 17.6 Å². The summed E-state index contributed by atoms with van der Waals surface area (Å²) < 4.78 is 38.0. The highest BCUT2D eigenvalue weighted by atomic mass is 19.4. The maximum atomic E-state index is 12.7. The quantitative estimate of drug-likeness (QED) is 0.886. The van der Waals surface area contributed by atoms with Crippen molar-refractivity contribution in [1.82, 2.24) is 4.98 Å². The highest BCUT2D eigenvalue weighted by Gasteiger charge is 2.34. The molecular formula is C14H20F3N3. The maximum absolute atomic E-state index is 12.7. The number of alkyl halides is 3. The molecule has 1 aliphatic carbocycles. The van der Waals surface area contributed by atoms with Crippen LogP contribution >= 0.6 is 0 Å². The van der Waals surface area contributed by atoms with Crippen LogP contribution in [0.25, 0.3) is 0 Å². The number of nitrogens with zero attached hydrogens (tertiary/aromatic N) is 1.